The first-order valence-electron chi connectivity index (χ1n) is 2.30. The Hall–Kier alpha value is -0.881. The Kier molecular flexibility index (Phi) is 6.42. The van der Waals surface area contributed by atoms with E-state index in [1.807, 2.05) is 0 Å². The van der Waals surface area contributed by atoms with Crippen molar-refractivity contribution in [2.24, 2.45) is 0 Å². The molecule has 0 nitrogen and oxygen atoms in total. The summed E-state index contributed by atoms with van der Waals surface area (Å²) in [6, 6.07) is 0. The van der Waals surface area contributed by atoms with Crippen molar-refractivity contribution in [1.29, 1.82) is 0 Å². The maximum atomic E-state index is 3.45. The van der Waals surface area contributed by atoms with Crippen molar-refractivity contribution in [2.75, 3.05) is 0 Å². The predicted octanol–water partition coefficient (Wildman–Crippen LogP) is 0.984. The molecule has 0 saturated heterocycles. The van der Waals surface area contributed by atoms with E-state index in [0.29, 0.717) is 0 Å². The SMILES string of the molecule is C=CC#C[Se]C#CC=C. The van der Waals surface area contributed by atoms with Crippen LogP contribution in [0, 0.1) is 21.5 Å². The molecule has 0 amide bonds. The predicted molar refractivity (Wildman–Crippen MR) is 41.7 cm³/mol. The zero-order chi connectivity index (χ0) is 6.95. The molecule has 0 bridgehead atoms. The summed E-state index contributed by atoms with van der Waals surface area (Å²) < 4.78 is 0. The maximum absolute atomic E-state index is 3.45. The third-order valence-corrected chi connectivity index (χ3v) is 1.35. The molecule has 0 saturated carbocycles. The first-order chi connectivity index (χ1) is 4.41. The van der Waals surface area contributed by atoms with Crippen LogP contribution in [0.5, 0.6) is 0 Å². The summed E-state index contributed by atoms with van der Waals surface area (Å²) in [6.07, 6.45) is 3.13. The molecule has 0 heterocycles. The van der Waals surface area contributed by atoms with Crippen molar-refractivity contribution in [2.45, 2.75) is 0 Å². The molecule has 0 aromatic carbocycles. The second-order valence-electron chi connectivity index (χ2n) is 1.00. The summed E-state index contributed by atoms with van der Waals surface area (Å²) in [5.74, 6) is 5.42. The molecule has 0 radical (unpaired) electrons. The standard InChI is InChI=1S/C8H6Se/c1-3-5-7-9-8-6-4-2/h3-4H,1-2H2. The quantitative estimate of drug-likeness (QED) is 0.386. The van der Waals surface area contributed by atoms with E-state index in [9.17, 15) is 0 Å². The number of rotatable bonds is 0. The first kappa shape index (κ1) is 8.12. The molecule has 0 spiro atoms. The summed E-state index contributed by atoms with van der Waals surface area (Å²) in [6.45, 7) is 6.89. The number of allylic oxidation sites excluding steroid dienone is 2. The van der Waals surface area contributed by atoms with Crippen molar-refractivity contribution in [1.82, 2.24) is 0 Å². The molecule has 0 aliphatic rings. The minimum absolute atomic E-state index is 0.113. The third kappa shape index (κ3) is 7.12. The molecule has 0 unspecified atom stereocenters. The Morgan fingerprint density at radius 1 is 1.00 bits per heavy atom. The van der Waals surface area contributed by atoms with E-state index >= 15 is 0 Å². The molecular formula is C8H6Se. The molecule has 9 heavy (non-hydrogen) atoms. The van der Waals surface area contributed by atoms with Crippen LogP contribution in [-0.4, -0.2) is 15.0 Å². The second-order valence-corrected chi connectivity index (χ2v) is 2.29. The molecule has 0 aromatic heterocycles. The monoisotopic (exact) mass is 182 g/mol. The van der Waals surface area contributed by atoms with E-state index < -0.39 is 0 Å². The van der Waals surface area contributed by atoms with Gasteiger partial charge in [0, 0.05) is 0 Å². The van der Waals surface area contributed by atoms with Gasteiger partial charge in [0.15, 0.2) is 0 Å². The average molecular weight is 181 g/mol. The van der Waals surface area contributed by atoms with Crippen LogP contribution in [0.25, 0.3) is 0 Å². The summed E-state index contributed by atoms with van der Waals surface area (Å²) in [4.78, 5) is 5.69. The van der Waals surface area contributed by atoms with Gasteiger partial charge in [0.1, 0.15) is 0 Å². The van der Waals surface area contributed by atoms with Crippen molar-refractivity contribution >= 4 is 15.0 Å². The Morgan fingerprint density at radius 2 is 1.44 bits per heavy atom. The molecule has 0 N–H and O–H groups in total. The zero-order valence-electron chi connectivity index (χ0n) is 4.98. The molecular weight excluding hydrogens is 175 g/mol. The summed E-state index contributed by atoms with van der Waals surface area (Å²) in [7, 11) is 0. The van der Waals surface area contributed by atoms with Gasteiger partial charge in [0.05, 0.1) is 0 Å². The summed E-state index contributed by atoms with van der Waals surface area (Å²) >= 11 is 0.113. The van der Waals surface area contributed by atoms with Crippen LogP contribution in [0.3, 0.4) is 0 Å². The van der Waals surface area contributed by atoms with E-state index in [0.717, 1.165) is 0 Å². The van der Waals surface area contributed by atoms with E-state index in [1.54, 1.807) is 12.2 Å². The van der Waals surface area contributed by atoms with Gasteiger partial charge in [-0.05, 0) is 0 Å². The number of hydrogen-bond donors (Lipinski definition) is 0. The Bertz CT molecular complexity index is 180. The van der Waals surface area contributed by atoms with Crippen molar-refractivity contribution < 1.29 is 0 Å². The van der Waals surface area contributed by atoms with E-state index in [4.69, 9.17) is 0 Å². The number of hydrogen-bond acceptors (Lipinski definition) is 0. The first-order valence-corrected chi connectivity index (χ1v) is 4.02. The van der Waals surface area contributed by atoms with Gasteiger partial charge in [-0.15, -0.1) is 0 Å². The van der Waals surface area contributed by atoms with Gasteiger partial charge in [-0.25, -0.2) is 0 Å². The molecule has 0 aliphatic heterocycles. The third-order valence-electron chi connectivity index (χ3n) is 0.424. The van der Waals surface area contributed by atoms with Crippen molar-refractivity contribution in [3.8, 4) is 21.5 Å². The van der Waals surface area contributed by atoms with Crippen molar-refractivity contribution in [3.05, 3.63) is 25.3 Å². The summed E-state index contributed by atoms with van der Waals surface area (Å²) in [5, 5.41) is 0. The fraction of sp³-hybridized carbons (Fsp3) is 0. The second kappa shape index (κ2) is 7.12. The van der Waals surface area contributed by atoms with Gasteiger partial charge in [0.25, 0.3) is 0 Å². The Morgan fingerprint density at radius 3 is 1.78 bits per heavy atom. The van der Waals surface area contributed by atoms with Gasteiger partial charge >= 0.3 is 61.7 Å². The van der Waals surface area contributed by atoms with Crippen LogP contribution in [0.4, 0.5) is 0 Å². The topological polar surface area (TPSA) is 0 Å². The Labute approximate surface area is 62.2 Å². The van der Waals surface area contributed by atoms with Crippen LogP contribution < -0.4 is 0 Å². The van der Waals surface area contributed by atoms with E-state index in [2.05, 4.69) is 34.6 Å². The van der Waals surface area contributed by atoms with Gasteiger partial charge in [-0.3, -0.25) is 0 Å². The van der Waals surface area contributed by atoms with Gasteiger partial charge in [0.2, 0.25) is 0 Å². The molecule has 44 valence electrons. The van der Waals surface area contributed by atoms with Gasteiger partial charge < -0.3 is 0 Å². The van der Waals surface area contributed by atoms with Crippen molar-refractivity contribution in [3.63, 3.8) is 0 Å². The normalized spacial score (nSPS) is 5.33. The minimum atomic E-state index is 0.113. The van der Waals surface area contributed by atoms with E-state index in [-0.39, 0.29) is 15.0 Å². The molecule has 0 atom stereocenters. The fourth-order valence-electron chi connectivity index (χ4n) is 0.168. The molecule has 0 aliphatic carbocycles. The summed E-state index contributed by atoms with van der Waals surface area (Å²) in [5.41, 5.74) is 0. The van der Waals surface area contributed by atoms with Gasteiger partial charge in [-0.2, -0.15) is 0 Å². The van der Waals surface area contributed by atoms with Crippen LogP contribution in [0.15, 0.2) is 25.3 Å². The van der Waals surface area contributed by atoms with Crippen LogP contribution in [-0.2, 0) is 0 Å². The van der Waals surface area contributed by atoms with E-state index in [1.165, 1.54) is 0 Å². The molecule has 0 fully saturated rings. The average Bonchev–Trinajstić information content (AvgIpc) is 1.89. The fourth-order valence-corrected chi connectivity index (χ4v) is 0.872. The van der Waals surface area contributed by atoms with Crippen LogP contribution in [0.2, 0.25) is 0 Å². The van der Waals surface area contributed by atoms with Crippen LogP contribution >= 0.6 is 0 Å². The molecule has 0 aromatic rings. The molecule has 1 heteroatoms. The van der Waals surface area contributed by atoms with Gasteiger partial charge in [-0.1, -0.05) is 0 Å². The van der Waals surface area contributed by atoms with Crippen LogP contribution in [0.1, 0.15) is 0 Å². The molecule has 0 rings (SSSR count). The zero-order valence-corrected chi connectivity index (χ0v) is 6.69. The Balaban J connectivity index is 3.51.